The van der Waals surface area contributed by atoms with E-state index in [1.807, 2.05) is 30.5 Å². The summed E-state index contributed by atoms with van der Waals surface area (Å²) < 4.78 is 0. The van der Waals surface area contributed by atoms with Crippen molar-refractivity contribution in [2.75, 3.05) is 0 Å². The van der Waals surface area contributed by atoms with E-state index in [0.717, 1.165) is 32.8 Å². The molecule has 0 fully saturated rings. The van der Waals surface area contributed by atoms with Crippen molar-refractivity contribution in [1.29, 1.82) is 5.26 Å². The molecule has 2 nitrogen and oxygen atoms in total. The zero-order chi connectivity index (χ0) is 22.3. The van der Waals surface area contributed by atoms with E-state index in [4.69, 9.17) is 4.98 Å². The Balaban J connectivity index is 1.65. The Bertz CT molecular complexity index is 1520. The van der Waals surface area contributed by atoms with Gasteiger partial charge in [0.2, 0.25) is 0 Å². The first kappa shape index (κ1) is 20.2. The summed E-state index contributed by atoms with van der Waals surface area (Å²) in [5.41, 5.74) is 5.02. The Morgan fingerprint density at radius 1 is 0.688 bits per heavy atom. The van der Waals surface area contributed by atoms with Crippen LogP contribution in [-0.2, 0) is 0 Å². The third-order valence-electron chi connectivity index (χ3n) is 6.08. The van der Waals surface area contributed by atoms with Crippen LogP contribution in [0.1, 0.15) is 5.56 Å². The molecule has 0 N–H and O–H groups in total. The summed E-state index contributed by atoms with van der Waals surface area (Å²) in [5, 5.41) is 15.4. The fourth-order valence-corrected chi connectivity index (χ4v) is 5.48. The van der Waals surface area contributed by atoms with Crippen molar-refractivity contribution in [3.8, 4) is 28.5 Å². The summed E-state index contributed by atoms with van der Waals surface area (Å²) in [6.45, 7) is 7.14. The van der Waals surface area contributed by atoms with Gasteiger partial charge in [-0.05, 0) is 51.6 Å². The molecule has 0 saturated heterocycles. The van der Waals surface area contributed by atoms with E-state index in [1.54, 1.807) is 0 Å². The van der Waals surface area contributed by atoms with Gasteiger partial charge in [0.25, 0.3) is 0 Å². The van der Waals surface area contributed by atoms with Crippen LogP contribution in [0.5, 0.6) is 0 Å². The fraction of sp³-hybridized carbons (Fsp3) is 0.103. The summed E-state index contributed by atoms with van der Waals surface area (Å²) in [7, 11) is -1.37. The van der Waals surface area contributed by atoms with Gasteiger partial charge in [-0.3, -0.25) is 4.98 Å². The van der Waals surface area contributed by atoms with Gasteiger partial charge in [-0.25, -0.2) is 0 Å². The fourth-order valence-electron chi connectivity index (χ4n) is 4.29. The van der Waals surface area contributed by atoms with Crippen LogP contribution < -0.4 is 5.19 Å². The normalized spacial score (nSPS) is 11.6. The molecule has 3 heteroatoms. The molecule has 0 saturated carbocycles. The highest BCUT2D eigenvalue weighted by Crippen LogP contribution is 2.33. The molecule has 0 aliphatic heterocycles. The topological polar surface area (TPSA) is 36.7 Å². The maximum absolute atomic E-state index is 9.69. The zero-order valence-corrected chi connectivity index (χ0v) is 19.6. The average molecular weight is 429 g/mol. The summed E-state index contributed by atoms with van der Waals surface area (Å²) in [5.74, 6) is 0. The van der Waals surface area contributed by atoms with Gasteiger partial charge in [0, 0.05) is 17.1 Å². The molecule has 32 heavy (non-hydrogen) atoms. The predicted molar refractivity (Wildman–Crippen MR) is 138 cm³/mol. The quantitative estimate of drug-likeness (QED) is 0.286. The van der Waals surface area contributed by atoms with E-state index in [2.05, 4.69) is 86.4 Å². The van der Waals surface area contributed by atoms with Gasteiger partial charge >= 0.3 is 0 Å². The number of fused-ring (bicyclic) bond motifs is 2. The van der Waals surface area contributed by atoms with E-state index >= 15 is 0 Å². The molecular weight excluding hydrogens is 404 g/mol. The molecule has 1 aromatic heterocycles. The molecule has 5 rings (SSSR count). The second-order valence-corrected chi connectivity index (χ2v) is 14.4. The molecular formula is C29H24N2Si. The van der Waals surface area contributed by atoms with Crippen LogP contribution in [0.2, 0.25) is 19.6 Å². The number of nitrogens with zero attached hydrogens (tertiary/aromatic N) is 2. The molecule has 0 amide bonds. The Hall–Kier alpha value is -3.74. The number of hydrogen-bond donors (Lipinski definition) is 0. The lowest BCUT2D eigenvalue weighted by Gasteiger charge is -2.17. The second kappa shape index (κ2) is 7.75. The second-order valence-electron chi connectivity index (χ2n) is 9.28. The predicted octanol–water partition coefficient (Wildman–Crippen LogP) is 7.14. The van der Waals surface area contributed by atoms with E-state index in [0.29, 0.717) is 5.56 Å². The molecule has 0 aliphatic carbocycles. The van der Waals surface area contributed by atoms with Crippen LogP contribution in [-0.4, -0.2) is 13.1 Å². The number of pyridine rings is 1. The average Bonchev–Trinajstić information content (AvgIpc) is 2.82. The van der Waals surface area contributed by atoms with Crippen molar-refractivity contribution in [3.63, 3.8) is 0 Å². The summed E-state index contributed by atoms with van der Waals surface area (Å²) in [6.07, 6.45) is 1.86. The SMILES string of the molecule is C[Si](C)(C)c1cccc(-c2ccc3c(-c4cc(C#N)c5ccccc5c4)nccc3c2)c1. The van der Waals surface area contributed by atoms with E-state index in [1.165, 1.54) is 16.3 Å². The van der Waals surface area contributed by atoms with Crippen LogP contribution in [0, 0.1) is 11.3 Å². The number of rotatable bonds is 3. The van der Waals surface area contributed by atoms with Crippen LogP contribution in [0.15, 0.2) is 91.1 Å². The lowest BCUT2D eigenvalue weighted by Crippen LogP contribution is -2.37. The van der Waals surface area contributed by atoms with Gasteiger partial charge in [-0.15, -0.1) is 0 Å². The van der Waals surface area contributed by atoms with Gasteiger partial charge in [-0.2, -0.15) is 5.26 Å². The first-order valence-electron chi connectivity index (χ1n) is 10.9. The van der Waals surface area contributed by atoms with Gasteiger partial charge < -0.3 is 0 Å². The molecule has 0 bridgehead atoms. The first-order valence-corrected chi connectivity index (χ1v) is 14.4. The summed E-state index contributed by atoms with van der Waals surface area (Å²) in [4.78, 5) is 4.70. The molecule has 1 heterocycles. The first-order chi connectivity index (χ1) is 15.4. The Labute approximate surface area is 189 Å². The van der Waals surface area contributed by atoms with Gasteiger partial charge in [0.1, 0.15) is 0 Å². The molecule has 0 aliphatic rings. The molecule has 5 aromatic rings. The van der Waals surface area contributed by atoms with Crippen molar-refractivity contribution in [2.45, 2.75) is 19.6 Å². The van der Waals surface area contributed by atoms with Crippen molar-refractivity contribution in [2.24, 2.45) is 0 Å². The number of hydrogen-bond acceptors (Lipinski definition) is 2. The number of aromatic nitrogens is 1. The van der Waals surface area contributed by atoms with Gasteiger partial charge in [0.05, 0.1) is 25.4 Å². The maximum atomic E-state index is 9.69. The number of nitriles is 1. The number of benzene rings is 4. The van der Waals surface area contributed by atoms with Crippen LogP contribution >= 0.6 is 0 Å². The van der Waals surface area contributed by atoms with E-state index in [9.17, 15) is 5.26 Å². The molecule has 154 valence electrons. The zero-order valence-electron chi connectivity index (χ0n) is 18.6. The maximum Gasteiger partial charge on any atom is 0.0998 e. The van der Waals surface area contributed by atoms with Crippen molar-refractivity contribution >= 4 is 34.8 Å². The third kappa shape index (κ3) is 3.60. The standard InChI is InChI=1S/C29H24N2Si/c1-32(2,3)26-9-6-8-20(18-26)21-11-12-28-23(15-21)13-14-31-29(28)24-16-22-7-4-5-10-27(22)25(17-24)19-30/h4-18H,1-3H3. The minimum absolute atomic E-state index is 0.677. The Morgan fingerprint density at radius 3 is 2.25 bits per heavy atom. The minimum atomic E-state index is -1.37. The van der Waals surface area contributed by atoms with Gasteiger partial charge in [-0.1, -0.05) is 85.5 Å². The Morgan fingerprint density at radius 2 is 1.44 bits per heavy atom. The highest BCUT2D eigenvalue weighted by atomic mass is 28.3. The van der Waals surface area contributed by atoms with Crippen LogP contribution in [0.3, 0.4) is 0 Å². The monoisotopic (exact) mass is 428 g/mol. The van der Waals surface area contributed by atoms with E-state index < -0.39 is 8.07 Å². The van der Waals surface area contributed by atoms with Crippen LogP contribution in [0.4, 0.5) is 0 Å². The van der Waals surface area contributed by atoms with Gasteiger partial charge in [0.15, 0.2) is 0 Å². The minimum Gasteiger partial charge on any atom is -0.256 e. The van der Waals surface area contributed by atoms with E-state index in [-0.39, 0.29) is 0 Å². The lowest BCUT2D eigenvalue weighted by atomic mass is 9.96. The molecule has 0 spiro atoms. The Kier molecular flexibility index (Phi) is 4.88. The van der Waals surface area contributed by atoms with Crippen molar-refractivity contribution in [3.05, 3.63) is 96.7 Å². The lowest BCUT2D eigenvalue weighted by molar-refractivity contribution is 1.36. The van der Waals surface area contributed by atoms with Crippen LogP contribution in [0.25, 0.3) is 43.9 Å². The highest BCUT2D eigenvalue weighted by molar-refractivity contribution is 6.88. The molecule has 4 aromatic carbocycles. The molecule has 0 atom stereocenters. The molecule has 0 unspecified atom stereocenters. The largest absolute Gasteiger partial charge is 0.256 e. The summed E-state index contributed by atoms with van der Waals surface area (Å²) in [6, 6.07) is 32.1. The van der Waals surface area contributed by atoms with Crippen molar-refractivity contribution < 1.29 is 0 Å². The highest BCUT2D eigenvalue weighted by Gasteiger charge is 2.17. The third-order valence-corrected chi connectivity index (χ3v) is 8.13. The molecule has 0 radical (unpaired) electrons. The summed E-state index contributed by atoms with van der Waals surface area (Å²) >= 11 is 0. The van der Waals surface area contributed by atoms with Crippen molar-refractivity contribution in [1.82, 2.24) is 4.98 Å². The smallest absolute Gasteiger partial charge is 0.0998 e.